The van der Waals surface area contributed by atoms with Crippen LogP contribution in [0, 0.1) is 0 Å². The number of halogens is 1. The second-order valence-electron chi connectivity index (χ2n) is 4.80. The van der Waals surface area contributed by atoms with Crippen LogP contribution in [0.4, 0.5) is 0 Å². The van der Waals surface area contributed by atoms with Crippen molar-refractivity contribution in [3.8, 4) is 0 Å². The monoisotopic (exact) mass is 267 g/mol. The van der Waals surface area contributed by atoms with Gasteiger partial charge in [0.25, 0.3) is 0 Å². The van der Waals surface area contributed by atoms with E-state index in [1.165, 1.54) is 12.8 Å². The molecule has 0 unspecified atom stereocenters. The van der Waals surface area contributed by atoms with Crippen LogP contribution in [0.15, 0.2) is 18.3 Å². The molecule has 18 heavy (non-hydrogen) atoms. The van der Waals surface area contributed by atoms with Gasteiger partial charge in [0.15, 0.2) is 0 Å². The van der Waals surface area contributed by atoms with Gasteiger partial charge in [-0.05, 0) is 24.5 Å². The number of hydrogen-bond acceptors (Lipinski definition) is 3. The van der Waals surface area contributed by atoms with E-state index in [-0.39, 0.29) is 5.91 Å². The maximum atomic E-state index is 11.2. The fourth-order valence-corrected chi connectivity index (χ4v) is 2.63. The molecule has 1 heterocycles. The van der Waals surface area contributed by atoms with Gasteiger partial charge in [-0.3, -0.25) is 9.69 Å². The average Bonchev–Trinajstić information content (AvgIpc) is 2.84. The molecule has 98 valence electrons. The number of nitrogens with two attached hydrogens (primary N) is 1. The number of nitrogens with zero attached hydrogens (tertiary/aromatic N) is 2. The van der Waals surface area contributed by atoms with Crippen molar-refractivity contribution in [3.63, 3.8) is 0 Å². The number of rotatable bonds is 5. The van der Waals surface area contributed by atoms with E-state index in [1.807, 2.05) is 6.07 Å². The van der Waals surface area contributed by atoms with E-state index in [0.29, 0.717) is 24.3 Å². The Kier molecular flexibility index (Phi) is 4.55. The predicted octanol–water partition coefficient (Wildman–Crippen LogP) is 1.96. The number of pyridine rings is 1. The molecule has 1 aliphatic carbocycles. The zero-order valence-corrected chi connectivity index (χ0v) is 11.1. The Morgan fingerprint density at radius 1 is 1.44 bits per heavy atom. The highest BCUT2D eigenvalue weighted by atomic mass is 35.5. The quantitative estimate of drug-likeness (QED) is 0.830. The fourth-order valence-electron chi connectivity index (χ4n) is 2.52. The molecular formula is C13H18ClN3O. The van der Waals surface area contributed by atoms with Crippen molar-refractivity contribution in [1.29, 1.82) is 0 Å². The molecule has 4 nitrogen and oxygen atoms in total. The number of hydrogen-bond donors (Lipinski definition) is 1. The van der Waals surface area contributed by atoms with Crippen LogP contribution in [-0.4, -0.2) is 28.4 Å². The van der Waals surface area contributed by atoms with E-state index >= 15 is 0 Å². The Hall–Kier alpha value is -1.13. The Balaban J connectivity index is 2.03. The van der Waals surface area contributed by atoms with Crippen LogP contribution in [-0.2, 0) is 11.3 Å². The highest BCUT2D eigenvalue weighted by Gasteiger charge is 2.23. The molecule has 1 aromatic rings. The maximum Gasteiger partial charge on any atom is 0.231 e. The SMILES string of the molecule is NC(=O)CN(Cc1ccc(Cl)nc1)C1CCCC1. The Labute approximate surface area is 112 Å². The zero-order valence-electron chi connectivity index (χ0n) is 10.3. The van der Waals surface area contributed by atoms with E-state index in [4.69, 9.17) is 17.3 Å². The largest absolute Gasteiger partial charge is 0.369 e. The van der Waals surface area contributed by atoms with Crippen LogP contribution >= 0.6 is 11.6 Å². The number of primary amides is 1. The van der Waals surface area contributed by atoms with Gasteiger partial charge in [-0.25, -0.2) is 4.98 Å². The zero-order chi connectivity index (χ0) is 13.0. The van der Waals surface area contributed by atoms with Gasteiger partial charge in [-0.1, -0.05) is 30.5 Å². The summed E-state index contributed by atoms with van der Waals surface area (Å²) in [7, 11) is 0. The molecule has 2 N–H and O–H groups in total. The summed E-state index contributed by atoms with van der Waals surface area (Å²) in [5.74, 6) is -0.274. The molecule has 0 radical (unpaired) electrons. The molecule has 1 amide bonds. The summed E-state index contributed by atoms with van der Waals surface area (Å²) >= 11 is 5.76. The van der Waals surface area contributed by atoms with Crippen LogP contribution < -0.4 is 5.73 Å². The number of amides is 1. The lowest BCUT2D eigenvalue weighted by atomic mass is 10.1. The molecule has 0 saturated heterocycles. The van der Waals surface area contributed by atoms with Crippen molar-refractivity contribution in [2.45, 2.75) is 38.3 Å². The smallest absolute Gasteiger partial charge is 0.231 e. The van der Waals surface area contributed by atoms with Crippen molar-refractivity contribution in [3.05, 3.63) is 29.0 Å². The Morgan fingerprint density at radius 3 is 2.72 bits per heavy atom. The lowest BCUT2D eigenvalue weighted by molar-refractivity contribution is -0.119. The molecule has 0 aliphatic heterocycles. The van der Waals surface area contributed by atoms with Crippen LogP contribution in [0.1, 0.15) is 31.2 Å². The molecule has 2 rings (SSSR count). The van der Waals surface area contributed by atoms with Gasteiger partial charge in [-0.2, -0.15) is 0 Å². The van der Waals surface area contributed by atoms with Crippen molar-refractivity contribution in [2.24, 2.45) is 5.73 Å². The third-order valence-corrected chi connectivity index (χ3v) is 3.60. The minimum Gasteiger partial charge on any atom is -0.369 e. The third-order valence-electron chi connectivity index (χ3n) is 3.37. The van der Waals surface area contributed by atoms with Gasteiger partial charge >= 0.3 is 0 Å². The standard InChI is InChI=1S/C13H18ClN3O/c14-12-6-5-10(7-16-12)8-17(9-13(15)18)11-3-1-2-4-11/h5-7,11H,1-4,8-9H2,(H2,15,18). The molecule has 5 heteroatoms. The molecule has 1 aliphatic rings. The van der Waals surface area contributed by atoms with Crippen LogP contribution in [0.5, 0.6) is 0 Å². The van der Waals surface area contributed by atoms with E-state index in [1.54, 1.807) is 12.3 Å². The lowest BCUT2D eigenvalue weighted by Crippen LogP contribution is -2.39. The summed E-state index contributed by atoms with van der Waals surface area (Å²) in [6.45, 7) is 1.02. The maximum absolute atomic E-state index is 11.2. The number of aromatic nitrogens is 1. The first-order valence-electron chi connectivity index (χ1n) is 6.28. The first kappa shape index (κ1) is 13.3. The number of carbonyl (C=O) groups excluding carboxylic acids is 1. The van der Waals surface area contributed by atoms with Crippen molar-refractivity contribution in [1.82, 2.24) is 9.88 Å². The van der Waals surface area contributed by atoms with Crippen molar-refractivity contribution in [2.75, 3.05) is 6.54 Å². The van der Waals surface area contributed by atoms with E-state index in [0.717, 1.165) is 18.4 Å². The highest BCUT2D eigenvalue weighted by molar-refractivity contribution is 6.29. The fraction of sp³-hybridized carbons (Fsp3) is 0.538. The number of carbonyl (C=O) groups is 1. The summed E-state index contributed by atoms with van der Waals surface area (Å²) in [4.78, 5) is 17.4. The summed E-state index contributed by atoms with van der Waals surface area (Å²) in [5.41, 5.74) is 6.38. The molecule has 0 bridgehead atoms. The Bertz CT molecular complexity index is 401. The minimum atomic E-state index is -0.274. The lowest BCUT2D eigenvalue weighted by Gasteiger charge is -2.27. The summed E-state index contributed by atoms with van der Waals surface area (Å²) < 4.78 is 0. The normalized spacial score (nSPS) is 16.3. The van der Waals surface area contributed by atoms with Gasteiger partial charge in [0, 0.05) is 18.8 Å². The first-order chi connectivity index (χ1) is 8.65. The van der Waals surface area contributed by atoms with Crippen LogP contribution in [0.3, 0.4) is 0 Å². The molecule has 1 fully saturated rings. The van der Waals surface area contributed by atoms with Crippen molar-refractivity contribution < 1.29 is 4.79 Å². The first-order valence-corrected chi connectivity index (χ1v) is 6.66. The van der Waals surface area contributed by atoms with Gasteiger partial charge in [0.2, 0.25) is 5.91 Å². The molecule has 1 saturated carbocycles. The predicted molar refractivity (Wildman–Crippen MR) is 71.1 cm³/mol. The summed E-state index contributed by atoms with van der Waals surface area (Å²) in [6.07, 6.45) is 6.52. The minimum absolute atomic E-state index is 0.274. The van der Waals surface area contributed by atoms with E-state index in [9.17, 15) is 4.79 Å². The van der Waals surface area contributed by atoms with Crippen molar-refractivity contribution >= 4 is 17.5 Å². The van der Waals surface area contributed by atoms with E-state index in [2.05, 4.69) is 9.88 Å². The second kappa shape index (κ2) is 6.16. The third kappa shape index (κ3) is 3.68. The molecule has 1 aromatic heterocycles. The summed E-state index contributed by atoms with van der Waals surface area (Å²) in [6, 6.07) is 4.18. The van der Waals surface area contributed by atoms with E-state index < -0.39 is 0 Å². The molecule has 0 aromatic carbocycles. The van der Waals surface area contributed by atoms with Crippen LogP contribution in [0.25, 0.3) is 0 Å². The average molecular weight is 268 g/mol. The highest BCUT2D eigenvalue weighted by Crippen LogP contribution is 2.24. The second-order valence-corrected chi connectivity index (χ2v) is 5.19. The molecule has 0 atom stereocenters. The van der Waals surface area contributed by atoms with Gasteiger partial charge in [0.1, 0.15) is 5.15 Å². The van der Waals surface area contributed by atoms with Gasteiger partial charge in [-0.15, -0.1) is 0 Å². The van der Waals surface area contributed by atoms with Gasteiger partial charge in [0.05, 0.1) is 6.54 Å². The Morgan fingerprint density at radius 2 is 2.17 bits per heavy atom. The topological polar surface area (TPSA) is 59.2 Å². The molecular weight excluding hydrogens is 250 g/mol. The van der Waals surface area contributed by atoms with Gasteiger partial charge < -0.3 is 5.73 Å². The molecule has 0 spiro atoms. The summed E-state index contributed by atoms with van der Waals surface area (Å²) in [5, 5.41) is 0.487. The van der Waals surface area contributed by atoms with Crippen LogP contribution in [0.2, 0.25) is 5.15 Å².